The molecule has 1 unspecified atom stereocenters. The molecule has 0 heterocycles. The fourth-order valence-corrected chi connectivity index (χ4v) is 1.43. The van der Waals surface area contributed by atoms with Crippen molar-refractivity contribution in [2.75, 3.05) is 13.2 Å². The Balaban J connectivity index is 2.56. The topological polar surface area (TPSA) is 35.2 Å². The summed E-state index contributed by atoms with van der Waals surface area (Å²) in [5.74, 6) is 0.538. The smallest absolute Gasteiger partial charge is 0.126 e. The standard InChI is InChI=1S/C13H20FNO/c1-13(2,3)10(8-15)9-16-12-6-4-5-11(14)7-12/h4-7,10H,8-9,15H2,1-3H3. The zero-order valence-corrected chi connectivity index (χ0v) is 10.2. The molecule has 16 heavy (non-hydrogen) atoms. The summed E-state index contributed by atoms with van der Waals surface area (Å²) in [7, 11) is 0. The molecule has 0 aliphatic carbocycles. The summed E-state index contributed by atoms with van der Waals surface area (Å²) < 4.78 is 18.4. The summed E-state index contributed by atoms with van der Waals surface area (Å²) in [6.07, 6.45) is 0. The first-order chi connectivity index (χ1) is 7.43. The average Bonchev–Trinajstić information content (AvgIpc) is 2.16. The third-order valence-electron chi connectivity index (χ3n) is 2.76. The van der Waals surface area contributed by atoms with Gasteiger partial charge in [0.25, 0.3) is 0 Å². The molecule has 1 aromatic rings. The minimum atomic E-state index is -0.280. The van der Waals surface area contributed by atoms with Gasteiger partial charge in [-0.3, -0.25) is 0 Å². The first kappa shape index (κ1) is 13.0. The molecule has 0 spiro atoms. The van der Waals surface area contributed by atoms with Crippen molar-refractivity contribution in [3.8, 4) is 5.75 Å². The molecule has 0 amide bonds. The number of hydrogen-bond donors (Lipinski definition) is 1. The average molecular weight is 225 g/mol. The van der Waals surface area contributed by atoms with E-state index in [1.54, 1.807) is 12.1 Å². The van der Waals surface area contributed by atoms with Crippen LogP contribution in [0.25, 0.3) is 0 Å². The maximum atomic E-state index is 12.9. The van der Waals surface area contributed by atoms with E-state index in [4.69, 9.17) is 10.5 Å². The van der Waals surface area contributed by atoms with Crippen LogP contribution < -0.4 is 10.5 Å². The number of rotatable bonds is 4. The second-order valence-corrected chi connectivity index (χ2v) is 5.07. The summed E-state index contributed by atoms with van der Waals surface area (Å²) in [6.45, 7) is 7.46. The molecule has 0 aliphatic heterocycles. The zero-order chi connectivity index (χ0) is 12.2. The van der Waals surface area contributed by atoms with Gasteiger partial charge in [0.05, 0.1) is 6.61 Å². The summed E-state index contributed by atoms with van der Waals surface area (Å²) in [5, 5.41) is 0. The van der Waals surface area contributed by atoms with E-state index in [2.05, 4.69) is 20.8 Å². The minimum Gasteiger partial charge on any atom is -0.493 e. The van der Waals surface area contributed by atoms with Crippen LogP contribution in [-0.4, -0.2) is 13.2 Å². The molecule has 2 N–H and O–H groups in total. The lowest BCUT2D eigenvalue weighted by Gasteiger charge is -2.29. The Labute approximate surface area is 96.6 Å². The van der Waals surface area contributed by atoms with Gasteiger partial charge in [-0.2, -0.15) is 0 Å². The minimum absolute atomic E-state index is 0.0993. The lowest BCUT2D eigenvalue weighted by molar-refractivity contribution is 0.152. The fraction of sp³-hybridized carbons (Fsp3) is 0.538. The van der Waals surface area contributed by atoms with Crippen LogP contribution in [0, 0.1) is 17.2 Å². The molecular formula is C13H20FNO. The van der Waals surface area contributed by atoms with Crippen molar-refractivity contribution in [3.63, 3.8) is 0 Å². The zero-order valence-electron chi connectivity index (χ0n) is 10.2. The first-order valence-corrected chi connectivity index (χ1v) is 5.52. The van der Waals surface area contributed by atoms with Gasteiger partial charge in [-0.15, -0.1) is 0 Å². The van der Waals surface area contributed by atoms with Gasteiger partial charge >= 0.3 is 0 Å². The van der Waals surface area contributed by atoms with E-state index in [1.165, 1.54) is 12.1 Å². The van der Waals surface area contributed by atoms with Crippen molar-refractivity contribution in [1.82, 2.24) is 0 Å². The Morgan fingerprint density at radius 3 is 2.56 bits per heavy atom. The third kappa shape index (κ3) is 3.81. The maximum absolute atomic E-state index is 12.9. The Bertz CT molecular complexity index is 333. The van der Waals surface area contributed by atoms with Gasteiger partial charge in [-0.25, -0.2) is 4.39 Å². The van der Waals surface area contributed by atoms with Crippen LogP contribution in [0.5, 0.6) is 5.75 Å². The van der Waals surface area contributed by atoms with Gasteiger partial charge in [-0.05, 0) is 24.1 Å². The molecule has 0 bridgehead atoms. The second kappa shape index (κ2) is 5.30. The maximum Gasteiger partial charge on any atom is 0.126 e. The van der Waals surface area contributed by atoms with Crippen LogP contribution in [0.15, 0.2) is 24.3 Å². The molecule has 1 aromatic carbocycles. The number of ether oxygens (including phenoxy) is 1. The molecule has 3 heteroatoms. The molecule has 2 nitrogen and oxygen atoms in total. The Hall–Kier alpha value is -1.09. The Kier molecular flexibility index (Phi) is 4.30. The number of hydrogen-bond acceptors (Lipinski definition) is 2. The summed E-state index contributed by atoms with van der Waals surface area (Å²) in [5.41, 5.74) is 5.80. The summed E-state index contributed by atoms with van der Waals surface area (Å²) in [4.78, 5) is 0. The summed E-state index contributed by atoms with van der Waals surface area (Å²) >= 11 is 0. The highest BCUT2D eigenvalue weighted by Gasteiger charge is 2.23. The highest BCUT2D eigenvalue weighted by molar-refractivity contribution is 5.22. The predicted octanol–water partition coefficient (Wildman–Crippen LogP) is 2.83. The van der Waals surface area contributed by atoms with E-state index in [9.17, 15) is 4.39 Å². The SMILES string of the molecule is CC(C)(C)C(CN)COc1cccc(F)c1. The van der Waals surface area contributed by atoms with E-state index < -0.39 is 0 Å². The van der Waals surface area contributed by atoms with Gasteiger partial charge < -0.3 is 10.5 Å². The summed E-state index contributed by atoms with van der Waals surface area (Å²) in [6, 6.07) is 6.17. The van der Waals surface area contributed by atoms with Crippen molar-refractivity contribution in [2.45, 2.75) is 20.8 Å². The van der Waals surface area contributed by atoms with Crippen molar-refractivity contribution in [2.24, 2.45) is 17.1 Å². The van der Waals surface area contributed by atoms with E-state index >= 15 is 0 Å². The monoisotopic (exact) mass is 225 g/mol. The van der Waals surface area contributed by atoms with E-state index in [0.717, 1.165) is 0 Å². The van der Waals surface area contributed by atoms with Crippen LogP contribution in [0.2, 0.25) is 0 Å². The quantitative estimate of drug-likeness (QED) is 0.855. The fourth-order valence-electron chi connectivity index (χ4n) is 1.43. The van der Waals surface area contributed by atoms with Crippen LogP contribution >= 0.6 is 0 Å². The molecule has 0 saturated carbocycles. The van der Waals surface area contributed by atoms with Crippen molar-refractivity contribution < 1.29 is 9.13 Å². The van der Waals surface area contributed by atoms with Crippen LogP contribution in [-0.2, 0) is 0 Å². The first-order valence-electron chi connectivity index (χ1n) is 5.52. The molecule has 0 aliphatic rings. The molecule has 1 atom stereocenters. The number of nitrogens with two attached hydrogens (primary N) is 1. The molecule has 0 saturated heterocycles. The van der Waals surface area contributed by atoms with E-state index in [-0.39, 0.29) is 17.2 Å². The molecule has 0 fully saturated rings. The molecule has 0 aromatic heterocycles. The highest BCUT2D eigenvalue weighted by Crippen LogP contribution is 2.25. The Morgan fingerprint density at radius 1 is 1.38 bits per heavy atom. The van der Waals surface area contributed by atoms with Crippen LogP contribution in [0.4, 0.5) is 4.39 Å². The molecular weight excluding hydrogens is 205 g/mol. The van der Waals surface area contributed by atoms with Gasteiger partial charge in [0, 0.05) is 12.0 Å². The van der Waals surface area contributed by atoms with E-state index in [0.29, 0.717) is 18.9 Å². The van der Waals surface area contributed by atoms with E-state index in [1.807, 2.05) is 0 Å². The second-order valence-electron chi connectivity index (χ2n) is 5.07. The molecule has 0 radical (unpaired) electrons. The molecule has 90 valence electrons. The van der Waals surface area contributed by atoms with Crippen molar-refractivity contribution in [1.29, 1.82) is 0 Å². The van der Waals surface area contributed by atoms with Crippen molar-refractivity contribution in [3.05, 3.63) is 30.1 Å². The largest absolute Gasteiger partial charge is 0.493 e. The Morgan fingerprint density at radius 2 is 2.06 bits per heavy atom. The third-order valence-corrected chi connectivity index (χ3v) is 2.76. The highest BCUT2D eigenvalue weighted by atomic mass is 19.1. The van der Waals surface area contributed by atoms with Crippen LogP contribution in [0.1, 0.15) is 20.8 Å². The lowest BCUT2D eigenvalue weighted by atomic mass is 9.81. The van der Waals surface area contributed by atoms with Gasteiger partial charge in [0.2, 0.25) is 0 Å². The molecule has 1 rings (SSSR count). The number of halogens is 1. The van der Waals surface area contributed by atoms with Gasteiger partial charge in [-0.1, -0.05) is 26.8 Å². The van der Waals surface area contributed by atoms with Gasteiger partial charge in [0.1, 0.15) is 11.6 Å². The normalized spacial score (nSPS) is 13.6. The van der Waals surface area contributed by atoms with Crippen molar-refractivity contribution >= 4 is 0 Å². The van der Waals surface area contributed by atoms with Crippen LogP contribution in [0.3, 0.4) is 0 Å². The lowest BCUT2D eigenvalue weighted by Crippen LogP contribution is -2.33. The predicted molar refractivity (Wildman–Crippen MR) is 63.9 cm³/mol. The van der Waals surface area contributed by atoms with Gasteiger partial charge in [0.15, 0.2) is 0 Å². The number of benzene rings is 1.